The molecule has 0 aliphatic carbocycles. The Kier molecular flexibility index (Phi) is 4.90. The second-order valence-electron chi connectivity index (χ2n) is 6.65. The summed E-state index contributed by atoms with van der Waals surface area (Å²) in [5, 5.41) is 5.31. The van der Waals surface area contributed by atoms with Gasteiger partial charge >= 0.3 is 5.69 Å². The third-order valence-corrected chi connectivity index (χ3v) is 4.46. The number of nitrogens with zero attached hydrogens (tertiary/aromatic N) is 4. The van der Waals surface area contributed by atoms with Gasteiger partial charge in [0.2, 0.25) is 0 Å². The molecule has 0 unspecified atom stereocenters. The van der Waals surface area contributed by atoms with Gasteiger partial charge in [0.15, 0.2) is 0 Å². The molecule has 0 aromatic carbocycles. The van der Waals surface area contributed by atoms with Crippen LogP contribution in [0.25, 0.3) is 10.7 Å². The molecule has 0 saturated heterocycles. The molecule has 3 rings (SSSR count). The summed E-state index contributed by atoms with van der Waals surface area (Å²) in [4.78, 5) is 43.1. The van der Waals surface area contributed by atoms with Crippen LogP contribution in [0.2, 0.25) is 0 Å². The van der Waals surface area contributed by atoms with Crippen molar-refractivity contribution in [2.75, 3.05) is 0 Å². The monoisotopic (exact) mass is 370 g/mol. The summed E-state index contributed by atoms with van der Waals surface area (Å²) in [5.41, 5.74) is 1.29. The first-order chi connectivity index (χ1) is 12.3. The zero-order valence-corrected chi connectivity index (χ0v) is 15.4. The predicted octanol–water partition coefficient (Wildman–Crippen LogP) is 1.91. The summed E-state index contributed by atoms with van der Waals surface area (Å²) in [6, 6.07) is 1.60. The second kappa shape index (κ2) is 7.12. The van der Waals surface area contributed by atoms with Crippen molar-refractivity contribution in [1.29, 1.82) is 0 Å². The summed E-state index contributed by atoms with van der Waals surface area (Å²) < 4.78 is 0. The maximum Gasteiger partial charge on any atom is 0.345 e. The molecule has 0 spiro atoms. The number of aromatic amines is 1. The summed E-state index contributed by atoms with van der Waals surface area (Å²) in [6.45, 7) is 6.07. The number of thiazole rings is 1. The number of nitrogens with one attached hydrogen (secondary N) is 2. The molecule has 26 heavy (non-hydrogen) atoms. The first kappa shape index (κ1) is 17.9. The average molecular weight is 370 g/mol. The lowest BCUT2D eigenvalue weighted by Crippen LogP contribution is -2.29. The van der Waals surface area contributed by atoms with E-state index in [4.69, 9.17) is 0 Å². The van der Waals surface area contributed by atoms with Crippen molar-refractivity contribution < 1.29 is 4.79 Å². The number of H-pyrrole nitrogens is 1. The van der Waals surface area contributed by atoms with Gasteiger partial charge in [0, 0.05) is 28.9 Å². The van der Waals surface area contributed by atoms with Crippen molar-refractivity contribution in [2.24, 2.45) is 0 Å². The lowest BCUT2D eigenvalue weighted by Gasteiger charge is -2.18. The van der Waals surface area contributed by atoms with Crippen molar-refractivity contribution in [1.82, 2.24) is 30.2 Å². The Labute approximate surface area is 153 Å². The van der Waals surface area contributed by atoms with Crippen LogP contribution in [0.1, 0.15) is 42.6 Å². The van der Waals surface area contributed by atoms with E-state index in [1.54, 1.807) is 24.7 Å². The fraction of sp³-hybridized carbons (Fsp3) is 0.294. The van der Waals surface area contributed by atoms with Gasteiger partial charge in [-0.2, -0.15) is 4.98 Å². The highest BCUT2D eigenvalue weighted by molar-refractivity contribution is 7.13. The van der Waals surface area contributed by atoms with Crippen LogP contribution in [0.5, 0.6) is 0 Å². The molecular formula is C17H18N6O2S. The summed E-state index contributed by atoms with van der Waals surface area (Å²) in [7, 11) is 0. The van der Waals surface area contributed by atoms with Crippen molar-refractivity contribution in [2.45, 2.75) is 32.7 Å². The number of hydrogen-bond donors (Lipinski definition) is 2. The minimum atomic E-state index is -0.541. The van der Waals surface area contributed by atoms with Gasteiger partial charge in [0.05, 0.1) is 18.4 Å². The average Bonchev–Trinajstić information content (AvgIpc) is 3.08. The Balaban J connectivity index is 1.71. The van der Waals surface area contributed by atoms with E-state index in [0.717, 1.165) is 5.01 Å². The molecule has 0 aliphatic rings. The molecule has 8 nitrogen and oxygen atoms in total. The lowest BCUT2D eigenvalue weighted by atomic mass is 9.91. The highest BCUT2D eigenvalue weighted by Crippen LogP contribution is 2.21. The van der Waals surface area contributed by atoms with E-state index in [2.05, 4.69) is 30.2 Å². The zero-order chi connectivity index (χ0) is 18.7. The molecule has 3 aromatic rings. The van der Waals surface area contributed by atoms with E-state index >= 15 is 0 Å². The first-order valence-corrected chi connectivity index (χ1v) is 8.82. The molecule has 1 amide bonds. The molecule has 0 aliphatic heterocycles. The molecule has 0 fully saturated rings. The zero-order valence-electron chi connectivity index (χ0n) is 14.6. The lowest BCUT2D eigenvalue weighted by molar-refractivity contribution is 0.0944. The van der Waals surface area contributed by atoms with E-state index < -0.39 is 11.6 Å². The van der Waals surface area contributed by atoms with Crippen LogP contribution >= 0.6 is 11.3 Å². The Morgan fingerprint density at radius 1 is 1.27 bits per heavy atom. The molecule has 134 valence electrons. The van der Waals surface area contributed by atoms with Gasteiger partial charge in [-0.3, -0.25) is 14.8 Å². The van der Waals surface area contributed by atoms with E-state index in [1.807, 2.05) is 26.2 Å². The number of carbonyl (C=O) groups excluding carboxylic acids is 1. The van der Waals surface area contributed by atoms with Gasteiger partial charge in [-0.1, -0.05) is 20.8 Å². The summed E-state index contributed by atoms with van der Waals surface area (Å²) in [5.74, 6) is -0.421. The molecule has 9 heteroatoms. The minimum Gasteiger partial charge on any atom is -0.345 e. The van der Waals surface area contributed by atoms with Crippen LogP contribution in [0, 0.1) is 0 Å². The Hall–Kier alpha value is -2.94. The van der Waals surface area contributed by atoms with Crippen LogP contribution in [0.15, 0.2) is 34.8 Å². The Morgan fingerprint density at radius 2 is 2.08 bits per heavy atom. The number of rotatable bonds is 4. The third kappa shape index (κ3) is 4.17. The van der Waals surface area contributed by atoms with Crippen molar-refractivity contribution in [3.8, 4) is 10.7 Å². The van der Waals surface area contributed by atoms with Crippen molar-refractivity contribution >= 4 is 17.2 Å². The van der Waals surface area contributed by atoms with Gasteiger partial charge in [0.25, 0.3) is 5.91 Å². The van der Waals surface area contributed by atoms with Gasteiger partial charge < -0.3 is 10.3 Å². The first-order valence-electron chi connectivity index (χ1n) is 7.94. The van der Waals surface area contributed by atoms with Crippen LogP contribution < -0.4 is 11.0 Å². The Morgan fingerprint density at radius 3 is 2.77 bits per heavy atom. The summed E-state index contributed by atoms with van der Waals surface area (Å²) >= 11 is 1.42. The normalized spacial score (nSPS) is 11.3. The number of carbonyl (C=O) groups is 1. The van der Waals surface area contributed by atoms with Crippen LogP contribution in [-0.4, -0.2) is 30.8 Å². The third-order valence-electron chi connectivity index (χ3n) is 3.55. The predicted molar refractivity (Wildman–Crippen MR) is 97.9 cm³/mol. The fourth-order valence-electron chi connectivity index (χ4n) is 2.15. The van der Waals surface area contributed by atoms with Crippen LogP contribution in [0.4, 0.5) is 0 Å². The highest BCUT2D eigenvalue weighted by Gasteiger charge is 2.19. The van der Waals surface area contributed by atoms with Gasteiger partial charge in [-0.05, 0) is 6.07 Å². The minimum absolute atomic E-state index is 0.0862. The van der Waals surface area contributed by atoms with E-state index in [-0.39, 0.29) is 17.7 Å². The molecule has 3 heterocycles. The number of aromatic nitrogens is 5. The Bertz CT molecular complexity index is 975. The molecule has 2 N–H and O–H groups in total. The molecule has 0 radical (unpaired) electrons. The molecule has 0 saturated carbocycles. The van der Waals surface area contributed by atoms with Crippen LogP contribution in [-0.2, 0) is 12.0 Å². The number of hydrogen-bond acceptors (Lipinski definition) is 7. The smallest absolute Gasteiger partial charge is 0.345 e. The van der Waals surface area contributed by atoms with E-state index in [9.17, 15) is 9.59 Å². The van der Waals surface area contributed by atoms with E-state index in [0.29, 0.717) is 17.1 Å². The van der Waals surface area contributed by atoms with Gasteiger partial charge in [-0.15, -0.1) is 11.3 Å². The highest BCUT2D eigenvalue weighted by atomic mass is 32.1. The topological polar surface area (TPSA) is 114 Å². The molecule has 3 aromatic heterocycles. The molecular weight excluding hydrogens is 352 g/mol. The molecule has 0 atom stereocenters. The van der Waals surface area contributed by atoms with E-state index in [1.165, 1.54) is 11.3 Å². The SMILES string of the molecule is CC(C)(C)c1cc(C(=O)NCc2csc(-c3cnccn3)n2)nc(=O)[nH]1. The summed E-state index contributed by atoms with van der Waals surface area (Å²) in [6.07, 6.45) is 4.83. The number of amides is 1. The van der Waals surface area contributed by atoms with Crippen molar-refractivity contribution in [3.63, 3.8) is 0 Å². The van der Waals surface area contributed by atoms with Gasteiger partial charge in [0.1, 0.15) is 16.4 Å². The molecule has 0 bridgehead atoms. The standard InChI is InChI=1S/C17H18N6O2S/c1-17(2,3)13-6-11(22-16(25)23-13)14(24)20-7-10-9-26-15(21-10)12-8-18-4-5-19-12/h4-6,8-9H,7H2,1-3H3,(H,20,24)(H,22,23,25). The fourth-order valence-corrected chi connectivity index (χ4v) is 2.93. The van der Waals surface area contributed by atoms with Crippen molar-refractivity contribution in [3.05, 3.63) is 57.6 Å². The van der Waals surface area contributed by atoms with Gasteiger partial charge in [-0.25, -0.2) is 9.78 Å². The second-order valence-corrected chi connectivity index (χ2v) is 7.51. The van der Waals surface area contributed by atoms with Crippen LogP contribution in [0.3, 0.4) is 0 Å². The quantitative estimate of drug-likeness (QED) is 0.725. The maximum atomic E-state index is 12.4. The maximum absolute atomic E-state index is 12.4. The largest absolute Gasteiger partial charge is 0.345 e.